The van der Waals surface area contributed by atoms with Crippen LogP contribution < -0.4 is 10.1 Å². The summed E-state index contributed by atoms with van der Waals surface area (Å²) in [4.78, 5) is 0.498. The van der Waals surface area contributed by atoms with Crippen LogP contribution in [0, 0.1) is 11.5 Å². The number of para-hydroxylation sites is 1. The molecular formula is C13H16N2OS. The lowest BCUT2D eigenvalue weighted by molar-refractivity contribution is 0.129. The molecule has 17 heavy (non-hydrogen) atoms. The number of nitriles is 1. The molecule has 0 fully saturated rings. The molecule has 4 heteroatoms. The maximum atomic E-state index is 8.49. The molecule has 0 saturated carbocycles. The van der Waals surface area contributed by atoms with Crippen LogP contribution in [0.1, 0.15) is 26.3 Å². The lowest BCUT2D eigenvalue weighted by atomic mass is 10.1. The molecule has 0 aromatic heterocycles. The van der Waals surface area contributed by atoms with Crippen LogP contribution >= 0.6 is 12.2 Å². The Morgan fingerprint density at radius 3 is 2.65 bits per heavy atom. The molecule has 1 rings (SSSR count). The molecule has 1 aromatic carbocycles. The predicted octanol–water partition coefficient (Wildman–Crippen LogP) is 2.80. The van der Waals surface area contributed by atoms with Crippen LogP contribution in [0.4, 0.5) is 0 Å². The molecule has 1 N–H and O–H groups in total. The Morgan fingerprint density at radius 2 is 2.06 bits per heavy atom. The average molecular weight is 248 g/mol. The fraction of sp³-hybridized carbons (Fsp3) is 0.385. The topological polar surface area (TPSA) is 45.0 Å². The first-order valence-electron chi connectivity index (χ1n) is 5.37. The molecule has 0 aliphatic carbocycles. The number of hydrogen-bond donors (Lipinski definition) is 1. The summed E-state index contributed by atoms with van der Waals surface area (Å²) in [6.45, 7) is 5.99. The van der Waals surface area contributed by atoms with Crippen molar-refractivity contribution in [2.75, 3.05) is 0 Å². The van der Waals surface area contributed by atoms with Crippen molar-refractivity contribution in [3.8, 4) is 11.9 Å². The molecule has 1 aromatic rings. The van der Waals surface area contributed by atoms with E-state index < -0.39 is 0 Å². The van der Waals surface area contributed by atoms with Crippen molar-refractivity contribution in [1.29, 1.82) is 5.26 Å². The van der Waals surface area contributed by atoms with Gasteiger partial charge in [-0.1, -0.05) is 30.4 Å². The zero-order valence-electron chi connectivity index (χ0n) is 10.3. The summed E-state index contributed by atoms with van der Waals surface area (Å²) >= 11 is 5.05. The monoisotopic (exact) mass is 248 g/mol. The maximum Gasteiger partial charge on any atom is 0.181 e. The van der Waals surface area contributed by atoms with E-state index in [1.807, 2.05) is 51.2 Å². The number of nitrogens with one attached hydrogen (secondary N) is 1. The summed E-state index contributed by atoms with van der Waals surface area (Å²) in [5.74, 6) is 0.807. The Kier molecular flexibility index (Phi) is 4.47. The van der Waals surface area contributed by atoms with Crippen molar-refractivity contribution in [3.63, 3.8) is 0 Å². The van der Waals surface area contributed by atoms with Gasteiger partial charge in [-0.3, -0.25) is 5.32 Å². The number of hydrogen-bond acceptors (Lipinski definition) is 3. The van der Waals surface area contributed by atoms with Gasteiger partial charge in [0.15, 0.2) is 6.19 Å². The van der Waals surface area contributed by atoms with E-state index in [-0.39, 0.29) is 5.60 Å². The first-order valence-corrected chi connectivity index (χ1v) is 5.78. The summed E-state index contributed by atoms with van der Waals surface area (Å²) in [6, 6.07) is 7.72. The zero-order chi connectivity index (χ0) is 12.9. The van der Waals surface area contributed by atoms with Crippen LogP contribution in [0.15, 0.2) is 24.3 Å². The molecule has 90 valence electrons. The molecule has 0 radical (unpaired) electrons. The fourth-order valence-corrected chi connectivity index (χ4v) is 1.56. The zero-order valence-corrected chi connectivity index (χ0v) is 11.1. The van der Waals surface area contributed by atoms with E-state index in [2.05, 4.69) is 5.32 Å². The van der Waals surface area contributed by atoms with Gasteiger partial charge in [0.25, 0.3) is 0 Å². The molecule has 0 bridgehead atoms. The van der Waals surface area contributed by atoms with Crippen molar-refractivity contribution in [1.82, 2.24) is 5.32 Å². The van der Waals surface area contributed by atoms with Gasteiger partial charge in [-0.05, 0) is 26.8 Å². The van der Waals surface area contributed by atoms with Crippen LogP contribution in [0.2, 0.25) is 0 Å². The van der Waals surface area contributed by atoms with Gasteiger partial charge in [-0.25, -0.2) is 0 Å². The Morgan fingerprint density at radius 1 is 1.41 bits per heavy atom. The highest BCUT2D eigenvalue weighted by molar-refractivity contribution is 7.80. The highest BCUT2D eigenvalue weighted by Gasteiger charge is 2.14. The Balaban J connectivity index is 2.85. The van der Waals surface area contributed by atoms with E-state index in [0.29, 0.717) is 11.4 Å². The Hall–Kier alpha value is -1.60. The van der Waals surface area contributed by atoms with Crippen molar-refractivity contribution >= 4 is 17.2 Å². The van der Waals surface area contributed by atoms with Gasteiger partial charge in [0, 0.05) is 12.0 Å². The molecule has 0 spiro atoms. The van der Waals surface area contributed by atoms with Crippen molar-refractivity contribution in [2.24, 2.45) is 0 Å². The highest BCUT2D eigenvalue weighted by Crippen LogP contribution is 2.23. The Bertz CT molecular complexity index is 443. The van der Waals surface area contributed by atoms with Crippen molar-refractivity contribution < 1.29 is 4.74 Å². The van der Waals surface area contributed by atoms with Crippen LogP contribution in [0.25, 0.3) is 0 Å². The lowest BCUT2D eigenvalue weighted by Crippen LogP contribution is -2.24. The standard InChI is InChI=1S/C13H16N2OS/c1-13(2,3)16-11-7-5-4-6-10(11)8-12(17)15-9-14/h4-7H,8H2,1-3H3,(H,15,17). The van der Waals surface area contributed by atoms with Gasteiger partial charge >= 0.3 is 0 Å². The molecule has 0 unspecified atom stereocenters. The third kappa shape index (κ3) is 4.83. The minimum atomic E-state index is -0.250. The summed E-state index contributed by atoms with van der Waals surface area (Å²) in [7, 11) is 0. The molecule has 0 aliphatic heterocycles. The van der Waals surface area contributed by atoms with E-state index in [0.717, 1.165) is 11.3 Å². The maximum absolute atomic E-state index is 8.49. The number of rotatable bonds is 3. The number of benzene rings is 1. The van der Waals surface area contributed by atoms with Gasteiger partial charge in [-0.15, -0.1) is 0 Å². The number of nitrogens with zero attached hydrogens (tertiary/aromatic N) is 1. The summed E-state index contributed by atoms with van der Waals surface area (Å²) in [5, 5.41) is 11.0. The van der Waals surface area contributed by atoms with Gasteiger partial charge in [-0.2, -0.15) is 5.26 Å². The summed E-state index contributed by atoms with van der Waals surface area (Å²) in [6.07, 6.45) is 2.33. The molecule has 0 aliphatic rings. The van der Waals surface area contributed by atoms with E-state index in [1.165, 1.54) is 0 Å². The van der Waals surface area contributed by atoms with Crippen molar-refractivity contribution in [3.05, 3.63) is 29.8 Å². The first-order chi connectivity index (χ1) is 7.92. The van der Waals surface area contributed by atoms with Crippen molar-refractivity contribution in [2.45, 2.75) is 32.8 Å². The minimum absolute atomic E-state index is 0.250. The summed E-state index contributed by atoms with van der Waals surface area (Å²) in [5.41, 5.74) is 0.732. The van der Waals surface area contributed by atoms with E-state index in [1.54, 1.807) is 0 Å². The quantitative estimate of drug-likeness (QED) is 0.507. The molecule has 0 amide bonds. The van der Waals surface area contributed by atoms with Crippen LogP contribution in [-0.2, 0) is 6.42 Å². The molecular weight excluding hydrogens is 232 g/mol. The summed E-state index contributed by atoms with van der Waals surface area (Å²) < 4.78 is 5.84. The van der Waals surface area contributed by atoms with Gasteiger partial charge in [0.05, 0.1) is 4.99 Å². The smallest absolute Gasteiger partial charge is 0.181 e. The highest BCUT2D eigenvalue weighted by atomic mass is 32.1. The van der Waals surface area contributed by atoms with Crippen LogP contribution in [-0.4, -0.2) is 10.6 Å². The number of ether oxygens (including phenoxy) is 1. The average Bonchev–Trinajstić information content (AvgIpc) is 2.19. The van der Waals surface area contributed by atoms with E-state index in [9.17, 15) is 0 Å². The minimum Gasteiger partial charge on any atom is -0.488 e. The molecule has 0 heterocycles. The third-order valence-corrected chi connectivity index (χ3v) is 2.18. The fourth-order valence-electron chi connectivity index (χ4n) is 1.36. The van der Waals surface area contributed by atoms with Crippen LogP contribution in [0.3, 0.4) is 0 Å². The second-order valence-corrected chi connectivity index (χ2v) is 5.15. The Labute approximate surface area is 107 Å². The molecule has 3 nitrogen and oxygen atoms in total. The molecule has 0 atom stereocenters. The first kappa shape index (κ1) is 13.5. The lowest BCUT2D eigenvalue weighted by Gasteiger charge is -2.23. The normalized spacial score (nSPS) is 10.5. The third-order valence-electron chi connectivity index (χ3n) is 1.94. The SMILES string of the molecule is CC(C)(C)Oc1ccccc1CC(=S)NC#N. The largest absolute Gasteiger partial charge is 0.488 e. The molecule has 0 saturated heterocycles. The van der Waals surface area contributed by atoms with Gasteiger partial charge < -0.3 is 4.74 Å². The van der Waals surface area contributed by atoms with Gasteiger partial charge in [0.2, 0.25) is 0 Å². The van der Waals surface area contributed by atoms with Crippen LogP contribution in [0.5, 0.6) is 5.75 Å². The second kappa shape index (κ2) is 5.65. The second-order valence-electron chi connectivity index (χ2n) is 4.66. The number of thiocarbonyl (C=S) groups is 1. The van der Waals surface area contributed by atoms with E-state index in [4.69, 9.17) is 22.2 Å². The predicted molar refractivity (Wildman–Crippen MR) is 71.9 cm³/mol. The van der Waals surface area contributed by atoms with Gasteiger partial charge in [0.1, 0.15) is 11.4 Å². The van der Waals surface area contributed by atoms with E-state index >= 15 is 0 Å².